The maximum Gasteiger partial charge on any atom is 0.123 e. The lowest BCUT2D eigenvalue weighted by Gasteiger charge is -2.28. The zero-order valence-electron chi connectivity index (χ0n) is 11.9. The van der Waals surface area contributed by atoms with Crippen molar-refractivity contribution in [3.63, 3.8) is 0 Å². The van der Waals surface area contributed by atoms with Crippen LogP contribution >= 0.6 is 0 Å². The van der Waals surface area contributed by atoms with Crippen LogP contribution in [-0.2, 0) is 6.42 Å². The summed E-state index contributed by atoms with van der Waals surface area (Å²) in [6.45, 7) is 13.2. The van der Waals surface area contributed by atoms with E-state index in [2.05, 4.69) is 32.7 Å². The van der Waals surface area contributed by atoms with Crippen LogP contribution < -0.4 is 5.32 Å². The topological polar surface area (TPSA) is 12.0 Å². The molecular weight excluding hydrogens is 225 g/mol. The maximum absolute atomic E-state index is 13.3. The molecule has 0 amide bonds. The number of aryl methyl sites for hydroxylation is 1. The van der Waals surface area contributed by atoms with Crippen molar-refractivity contribution < 1.29 is 4.39 Å². The minimum atomic E-state index is -0.168. The molecule has 0 aromatic heterocycles. The third-order valence-electron chi connectivity index (χ3n) is 3.31. The van der Waals surface area contributed by atoms with Crippen LogP contribution in [0.4, 0.5) is 4.39 Å². The fourth-order valence-electron chi connectivity index (χ4n) is 1.91. The summed E-state index contributed by atoms with van der Waals surface area (Å²) in [5.41, 5.74) is 2.14. The van der Waals surface area contributed by atoms with Gasteiger partial charge in [-0.2, -0.15) is 0 Å². The summed E-state index contributed by atoms with van der Waals surface area (Å²) in [6, 6.07) is 5.42. The fourth-order valence-corrected chi connectivity index (χ4v) is 1.91. The molecule has 1 aromatic rings. The standard InChI is InChI=1S/C16H24FN/c1-6-16(5,11-18-12(2)3)10-14-9-15(17)8-7-13(14)4/h6-9,12,18H,1,10-11H2,2-5H3. The molecule has 0 saturated heterocycles. The number of nitrogens with one attached hydrogen (secondary N) is 1. The van der Waals surface area contributed by atoms with Gasteiger partial charge in [-0.15, -0.1) is 6.58 Å². The summed E-state index contributed by atoms with van der Waals surface area (Å²) in [5.74, 6) is -0.168. The van der Waals surface area contributed by atoms with E-state index in [0.717, 1.165) is 24.1 Å². The monoisotopic (exact) mass is 249 g/mol. The van der Waals surface area contributed by atoms with Gasteiger partial charge in [0.05, 0.1) is 0 Å². The number of benzene rings is 1. The Balaban J connectivity index is 2.84. The molecule has 0 radical (unpaired) electrons. The van der Waals surface area contributed by atoms with Crippen molar-refractivity contribution >= 4 is 0 Å². The minimum absolute atomic E-state index is 0.0528. The van der Waals surface area contributed by atoms with E-state index in [1.807, 2.05) is 19.1 Å². The highest BCUT2D eigenvalue weighted by atomic mass is 19.1. The molecule has 0 aliphatic heterocycles. The van der Waals surface area contributed by atoms with Gasteiger partial charge in [0, 0.05) is 18.0 Å². The minimum Gasteiger partial charge on any atom is -0.314 e. The first-order chi connectivity index (χ1) is 8.36. The number of hydrogen-bond donors (Lipinski definition) is 1. The smallest absolute Gasteiger partial charge is 0.123 e. The van der Waals surface area contributed by atoms with Crippen molar-refractivity contribution in [2.75, 3.05) is 6.54 Å². The molecule has 1 atom stereocenters. The molecule has 1 N–H and O–H groups in total. The van der Waals surface area contributed by atoms with Crippen molar-refractivity contribution in [1.82, 2.24) is 5.32 Å². The van der Waals surface area contributed by atoms with E-state index >= 15 is 0 Å². The quantitative estimate of drug-likeness (QED) is 0.755. The highest BCUT2D eigenvalue weighted by molar-refractivity contribution is 5.28. The molecule has 1 unspecified atom stereocenters. The predicted molar refractivity (Wildman–Crippen MR) is 76.3 cm³/mol. The summed E-state index contributed by atoms with van der Waals surface area (Å²) >= 11 is 0. The maximum atomic E-state index is 13.3. The van der Waals surface area contributed by atoms with Crippen molar-refractivity contribution in [3.05, 3.63) is 47.8 Å². The second-order valence-electron chi connectivity index (χ2n) is 5.64. The zero-order chi connectivity index (χ0) is 13.8. The Labute approximate surface area is 110 Å². The van der Waals surface area contributed by atoms with E-state index in [4.69, 9.17) is 0 Å². The Morgan fingerprint density at radius 3 is 2.67 bits per heavy atom. The first kappa shape index (κ1) is 14.9. The predicted octanol–water partition coefficient (Wildman–Crippen LogP) is 3.87. The highest BCUT2D eigenvalue weighted by Gasteiger charge is 2.22. The van der Waals surface area contributed by atoms with Crippen LogP contribution in [0.5, 0.6) is 0 Å². The molecule has 100 valence electrons. The summed E-state index contributed by atoms with van der Waals surface area (Å²) in [6.07, 6.45) is 2.77. The Hall–Kier alpha value is -1.15. The van der Waals surface area contributed by atoms with Gasteiger partial charge < -0.3 is 5.32 Å². The first-order valence-electron chi connectivity index (χ1n) is 6.48. The molecule has 0 heterocycles. The Bertz CT molecular complexity index is 412. The second-order valence-corrected chi connectivity index (χ2v) is 5.64. The Kier molecular flexibility index (Phi) is 5.09. The normalized spacial score (nSPS) is 14.6. The first-order valence-corrected chi connectivity index (χ1v) is 6.48. The van der Waals surface area contributed by atoms with Crippen LogP contribution in [0.15, 0.2) is 30.9 Å². The van der Waals surface area contributed by atoms with Crippen molar-refractivity contribution in [2.24, 2.45) is 5.41 Å². The highest BCUT2D eigenvalue weighted by Crippen LogP contribution is 2.25. The van der Waals surface area contributed by atoms with Crippen LogP contribution in [0.1, 0.15) is 31.9 Å². The SMILES string of the molecule is C=CC(C)(CNC(C)C)Cc1cc(F)ccc1C. The summed E-state index contributed by atoms with van der Waals surface area (Å²) < 4.78 is 13.3. The molecule has 0 aliphatic rings. The average Bonchev–Trinajstić information content (AvgIpc) is 2.31. The van der Waals surface area contributed by atoms with E-state index in [9.17, 15) is 4.39 Å². The molecule has 2 heteroatoms. The number of rotatable bonds is 6. The lowest BCUT2D eigenvalue weighted by atomic mass is 9.82. The third kappa shape index (κ3) is 4.26. The van der Waals surface area contributed by atoms with Crippen molar-refractivity contribution in [2.45, 2.75) is 40.2 Å². The van der Waals surface area contributed by atoms with Gasteiger partial charge in [-0.3, -0.25) is 0 Å². The summed E-state index contributed by atoms with van der Waals surface area (Å²) in [4.78, 5) is 0. The van der Waals surface area contributed by atoms with E-state index < -0.39 is 0 Å². The van der Waals surface area contributed by atoms with Gasteiger partial charge in [0.1, 0.15) is 5.82 Å². The Morgan fingerprint density at radius 1 is 1.44 bits per heavy atom. The lowest BCUT2D eigenvalue weighted by Crippen LogP contribution is -2.36. The van der Waals surface area contributed by atoms with Gasteiger partial charge >= 0.3 is 0 Å². The molecule has 1 aromatic carbocycles. The zero-order valence-corrected chi connectivity index (χ0v) is 11.9. The molecular formula is C16H24FN. The number of hydrogen-bond acceptors (Lipinski definition) is 1. The molecule has 0 saturated carbocycles. The third-order valence-corrected chi connectivity index (χ3v) is 3.31. The largest absolute Gasteiger partial charge is 0.314 e. The van der Waals surface area contributed by atoms with Crippen LogP contribution in [0.2, 0.25) is 0 Å². The van der Waals surface area contributed by atoms with Crippen molar-refractivity contribution in [1.29, 1.82) is 0 Å². The van der Waals surface area contributed by atoms with E-state index in [0.29, 0.717) is 6.04 Å². The summed E-state index contributed by atoms with van der Waals surface area (Å²) in [7, 11) is 0. The van der Waals surface area contributed by atoms with Gasteiger partial charge in [0.15, 0.2) is 0 Å². The van der Waals surface area contributed by atoms with Gasteiger partial charge in [-0.05, 0) is 36.6 Å². The molecule has 18 heavy (non-hydrogen) atoms. The van der Waals surface area contributed by atoms with Gasteiger partial charge in [-0.1, -0.05) is 32.9 Å². The number of halogens is 1. The van der Waals surface area contributed by atoms with Gasteiger partial charge in [0.2, 0.25) is 0 Å². The van der Waals surface area contributed by atoms with Crippen LogP contribution in [0, 0.1) is 18.2 Å². The molecule has 0 bridgehead atoms. The molecule has 0 fully saturated rings. The summed E-state index contributed by atoms with van der Waals surface area (Å²) in [5, 5.41) is 3.43. The van der Waals surface area contributed by atoms with Crippen LogP contribution in [-0.4, -0.2) is 12.6 Å². The Morgan fingerprint density at radius 2 is 2.11 bits per heavy atom. The van der Waals surface area contributed by atoms with E-state index in [1.165, 1.54) is 6.07 Å². The van der Waals surface area contributed by atoms with Crippen LogP contribution in [0.25, 0.3) is 0 Å². The molecule has 1 rings (SSSR count). The van der Waals surface area contributed by atoms with Crippen LogP contribution in [0.3, 0.4) is 0 Å². The molecule has 0 spiro atoms. The van der Waals surface area contributed by atoms with E-state index in [-0.39, 0.29) is 11.2 Å². The lowest BCUT2D eigenvalue weighted by molar-refractivity contribution is 0.372. The van der Waals surface area contributed by atoms with Gasteiger partial charge in [-0.25, -0.2) is 4.39 Å². The van der Waals surface area contributed by atoms with E-state index in [1.54, 1.807) is 6.07 Å². The van der Waals surface area contributed by atoms with Gasteiger partial charge in [0.25, 0.3) is 0 Å². The average molecular weight is 249 g/mol. The molecule has 1 nitrogen and oxygen atoms in total. The van der Waals surface area contributed by atoms with Crippen molar-refractivity contribution in [3.8, 4) is 0 Å². The molecule has 0 aliphatic carbocycles. The fraction of sp³-hybridized carbons (Fsp3) is 0.500. The second kappa shape index (κ2) is 6.14.